The Morgan fingerprint density at radius 3 is 1.54 bits per heavy atom. The standard InChI is InChI=1S/C27H27N5O22S7/c33-27-19-6-8-22(28-15-57(38,39)40)25(31-30-21-7-5-18(13-23(21)58(41,42)43)56(36,37)12-10-54-61(50,51)52)20(19)14-24(59(44,45)46)26(27)32-29-16-1-3-17(4-2-16)55(34,35)11-9-53-60(47,48)49/h1-8,13-14,28,33H,9-12,15H2,(H,38,39,40)(H,41,42,43)(H,44,45,46)(H,47,48,49)(H,50,51,52). The Balaban J connectivity index is 1.86. The number of rotatable bonds is 19. The van der Waals surface area contributed by atoms with Gasteiger partial charge < -0.3 is 10.4 Å². The largest absolute Gasteiger partial charge is 0.505 e. The van der Waals surface area contributed by atoms with Crippen LogP contribution < -0.4 is 5.32 Å². The topological polar surface area (TPSA) is 440 Å². The molecule has 0 radical (unpaired) electrons. The highest BCUT2D eigenvalue weighted by molar-refractivity contribution is 7.92. The third-order valence-corrected chi connectivity index (χ3v) is 13.9. The predicted molar refractivity (Wildman–Crippen MR) is 206 cm³/mol. The second-order valence-corrected chi connectivity index (χ2v) is 22.3. The fourth-order valence-electron chi connectivity index (χ4n) is 4.76. The molecular formula is C27H27N5O22S7. The predicted octanol–water partition coefficient (Wildman–Crippen LogP) is 2.31. The van der Waals surface area contributed by atoms with Gasteiger partial charge in [-0.1, -0.05) is 0 Å². The summed E-state index contributed by atoms with van der Waals surface area (Å²) in [4.78, 5) is -3.66. The molecule has 0 fully saturated rings. The number of anilines is 1. The minimum atomic E-state index is -5.41. The molecule has 0 bridgehead atoms. The molecule has 0 atom stereocenters. The lowest BCUT2D eigenvalue weighted by atomic mass is 10.1. The van der Waals surface area contributed by atoms with E-state index in [2.05, 4.69) is 34.1 Å². The van der Waals surface area contributed by atoms with Crippen molar-refractivity contribution in [3.63, 3.8) is 0 Å². The number of phenols is 1. The molecule has 0 heterocycles. The number of hydrogen-bond donors (Lipinski definition) is 7. The molecule has 0 unspecified atom stereocenters. The molecule has 4 aromatic rings. The molecule has 0 spiro atoms. The zero-order chi connectivity index (χ0) is 46.0. The van der Waals surface area contributed by atoms with Crippen molar-refractivity contribution in [2.75, 3.05) is 35.9 Å². The van der Waals surface area contributed by atoms with Crippen molar-refractivity contribution >= 4 is 110 Å². The van der Waals surface area contributed by atoms with E-state index in [-0.39, 0.29) is 10.6 Å². The Bertz CT molecular complexity index is 3250. The third kappa shape index (κ3) is 13.7. The lowest BCUT2D eigenvalue weighted by Crippen LogP contribution is -2.16. The zero-order valence-corrected chi connectivity index (χ0v) is 35.4. The summed E-state index contributed by atoms with van der Waals surface area (Å²) in [5.74, 6) is -4.32. The van der Waals surface area contributed by atoms with Gasteiger partial charge in [0.05, 0.1) is 45.9 Å². The van der Waals surface area contributed by atoms with E-state index in [1.165, 1.54) is 0 Å². The number of nitrogens with one attached hydrogen (secondary N) is 1. The van der Waals surface area contributed by atoms with Gasteiger partial charge in [-0.2, -0.15) is 47.2 Å². The summed E-state index contributed by atoms with van der Waals surface area (Å²) in [6, 6.07) is 8.43. The van der Waals surface area contributed by atoms with Gasteiger partial charge in [0.2, 0.25) is 0 Å². The van der Waals surface area contributed by atoms with Crippen LogP contribution >= 0.6 is 0 Å². The highest BCUT2D eigenvalue weighted by Crippen LogP contribution is 2.47. The second-order valence-electron chi connectivity index (χ2n) is 11.6. The van der Waals surface area contributed by atoms with Gasteiger partial charge in [-0.15, -0.1) is 15.3 Å². The van der Waals surface area contributed by atoms with E-state index >= 15 is 0 Å². The van der Waals surface area contributed by atoms with Crippen molar-refractivity contribution in [3.8, 4) is 5.75 Å². The van der Waals surface area contributed by atoms with E-state index in [1.807, 2.05) is 0 Å². The van der Waals surface area contributed by atoms with Crippen molar-refractivity contribution in [2.45, 2.75) is 19.6 Å². The molecule has 0 aromatic heterocycles. The van der Waals surface area contributed by atoms with Crippen LogP contribution in [0.3, 0.4) is 0 Å². The molecule has 34 heteroatoms. The molecule has 27 nitrogen and oxygen atoms in total. The number of fused-ring (bicyclic) bond motifs is 1. The normalized spacial score (nSPS) is 13.7. The number of phenolic OH excluding ortho intramolecular Hbond substituents is 1. The highest BCUT2D eigenvalue weighted by atomic mass is 32.3. The maximum atomic E-state index is 12.7. The van der Waals surface area contributed by atoms with Gasteiger partial charge in [-0.3, -0.25) is 22.8 Å². The molecule has 4 aromatic carbocycles. The molecule has 334 valence electrons. The summed E-state index contributed by atoms with van der Waals surface area (Å²) >= 11 is 0. The fraction of sp³-hybridized carbons (Fsp3) is 0.185. The van der Waals surface area contributed by atoms with Crippen molar-refractivity contribution in [2.24, 2.45) is 20.5 Å². The zero-order valence-electron chi connectivity index (χ0n) is 29.7. The lowest BCUT2D eigenvalue weighted by molar-refractivity contribution is 0.282. The van der Waals surface area contributed by atoms with Crippen LogP contribution in [-0.2, 0) is 79.2 Å². The number of benzene rings is 4. The van der Waals surface area contributed by atoms with Gasteiger partial charge in [0, 0.05) is 10.8 Å². The number of aromatic hydroxyl groups is 1. The van der Waals surface area contributed by atoms with Crippen LogP contribution in [0.25, 0.3) is 10.8 Å². The summed E-state index contributed by atoms with van der Waals surface area (Å²) in [5, 5.41) is 27.4. The van der Waals surface area contributed by atoms with Gasteiger partial charge in [-0.25, -0.2) is 25.2 Å². The summed E-state index contributed by atoms with van der Waals surface area (Å²) in [6.07, 6.45) is 0. The summed E-state index contributed by atoms with van der Waals surface area (Å²) < 4.78 is 221. The van der Waals surface area contributed by atoms with E-state index in [1.54, 1.807) is 0 Å². The van der Waals surface area contributed by atoms with Crippen LogP contribution in [0.5, 0.6) is 5.75 Å². The molecule has 0 aliphatic carbocycles. The van der Waals surface area contributed by atoms with Gasteiger partial charge in [-0.05, 0) is 60.7 Å². The average molecular weight is 998 g/mol. The first kappa shape index (κ1) is 49.0. The van der Waals surface area contributed by atoms with Crippen molar-refractivity contribution in [3.05, 3.63) is 60.7 Å². The van der Waals surface area contributed by atoms with Crippen molar-refractivity contribution in [1.82, 2.24) is 0 Å². The van der Waals surface area contributed by atoms with Gasteiger partial charge in [0.1, 0.15) is 32.7 Å². The molecule has 61 heavy (non-hydrogen) atoms. The lowest BCUT2D eigenvalue weighted by Gasteiger charge is -2.14. The Morgan fingerprint density at radius 1 is 0.525 bits per heavy atom. The number of nitrogens with zero attached hydrogens (tertiary/aromatic N) is 4. The summed E-state index contributed by atoms with van der Waals surface area (Å²) in [5.41, 5.74) is -3.06. The quantitative estimate of drug-likeness (QED) is 0.0523. The van der Waals surface area contributed by atoms with E-state index in [0.717, 1.165) is 42.5 Å². The van der Waals surface area contributed by atoms with Crippen LogP contribution in [0.2, 0.25) is 0 Å². The molecule has 0 aliphatic heterocycles. The summed E-state index contributed by atoms with van der Waals surface area (Å²) in [6.45, 7) is -2.05. The van der Waals surface area contributed by atoms with Crippen LogP contribution in [0.15, 0.2) is 101 Å². The SMILES string of the molecule is O=S(=O)(O)CNc1ccc2c(O)c(N=Nc3ccc(S(=O)(=O)CCOS(=O)(=O)O)cc3)c(S(=O)(=O)O)cc2c1N=Nc1ccc(S(=O)(=O)CCOS(=O)(=O)O)cc1S(=O)(=O)O. The molecule has 0 saturated carbocycles. The number of azo groups is 2. The molecule has 0 saturated heterocycles. The smallest absolute Gasteiger partial charge is 0.397 e. The van der Waals surface area contributed by atoms with E-state index in [9.17, 15) is 77.7 Å². The van der Waals surface area contributed by atoms with Crippen molar-refractivity contribution < 1.29 is 95.2 Å². The molecule has 0 aliphatic rings. The second kappa shape index (κ2) is 18.0. The summed E-state index contributed by atoms with van der Waals surface area (Å²) in [7, 11) is -34.4. The Labute approximate surface area is 345 Å². The monoisotopic (exact) mass is 997 g/mol. The highest BCUT2D eigenvalue weighted by Gasteiger charge is 2.26. The number of hydrogen-bond acceptors (Lipinski definition) is 22. The Kier molecular flexibility index (Phi) is 14.4. The average Bonchev–Trinajstić information content (AvgIpc) is 3.10. The van der Waals surface area contributed by atoms with Gasteiger partial charge in [0.25, 0.3) is 30.4 Å². The Morgan fingerprint density at radius 2 is 1.03 bits per heavy atom. The minimum absolute atomic E-state index is 0.187. The number of sulfone groups is 2. The maximum absolute atomic E-state index is 12.7. The molecule has 7 N–H and O–H groups in total. The van der Waals surface area contributed by atoms with Crippen LogP contribution in [0.1, 0.15) is 0 Å². The fourth-order valence-corrected chi connectivity index (χ4v) is 9.47. The third-order valence-electron chi connectivity index (χ3n) is 7.38. The molecule has 4 rings (SSSR count). The van der Waals surface area contributed by atoms with Crippen LogP contribution in [0, 0.1) is 0 Å². The first-order chi connectivity index (χ1) is 27.8. The van der Waals surface area contributed by atoms with Crippen LogP contribution in [0.4, 0.5) is 28.4 Å². The molecular weight excluding hydrogens is 971 g/mol. The van der Waals surface area contributed by atoms with Gasteiger partial charge in [0.15, 0.2) is 25.4 Å². The van der Waals surface area contributed by atoms with E-state index < -0.39 is 155 Å². The maximum Gasteiger partial charge on any atom is 0.397 e. The minimum Gasteiger partial charge on any atom is -0.505 e. The van der Waals surface area contributed by atoms with Crippen LogP contribution in [-0.4, -0.2) is 117 Å². The van der Waals surface area contributed by atoms with E-state index in [0.29, 0.717) is 18.2 Å². The van der Waals surface area contributed by atoms with Crippen molar-refractivity contribution in [1.29, 1.82) is 0 Å². The first-order valence-corrected chi connectivity index (χ1v) is 26.0. The Hall–Kier alpha value is -4.69. The van der Waals surface area contributed by atoms with Gasteiger partial charge >= 0.3 is 20.8 Å². The molecule has 0 amide bonds. The van der Waals surface area contributed by atoms with E-state index in [4.69, 9.17) is 9.11 Å². The first-order valence-electron chi connectivity index (χ1n) is 15.5.